The predicted octanol–water partition coefficient (Wildman–Crippen LogP) is 4.47. The van der Waals surface area contributed by atoms with Crippen molar-refractivity contribution in [1.82, 2.24) is 5.32 Å². The number of nitro benzene ring substituents is 1. The van der Waals surface area contributed by atoms with Crippen LogP contribution in [0, 0.1) is 17.0 Å². The average molecular weight is 537 g/mol. The second-order valence-electron chi connectivity index (χ2n) is 9.56. The molecule has 206 valence electrons. The molecular formula is C29H32N2O8. The molecule has 2 aromatic rings. The molecule has 10 nitrogen and oxygen atoms in total. The number of nitrogens with zero attached hydrogens (tertiary/aromatic N) is 1. The van der Waals surface area contributed by atoms with Crippen molar-refractivity contribution in [3.8, 4) is 11.5 Å². The van der Waals surface area contributed by atoms with Crippen LogP contribution in [0.4, 0.5) is 5.69 Å². The lowest BCUT2D eigenvalue weighted by Gasteiger charge is -2.36. The molecule has 0 saturated heterocycles. The van der Waals surface area contributed by atoms with Gasteiger partial charge in [0.05, 0.1) is 31.3 Å². The minimum Gasteiger partial charge on any atom is -0.493 e. The molecule has 39 heavy (non-hydrogen) atoms. The lowest BCUT2D eigenvalue weighted by atomic mass is 9.71. The van der Waals surface area contributed by atoms with Crippen LogP contribution in [0.1, 0.15) is 48.3 Å². The standard InChI is InChI=1S/C29H32N2O8/c1-16-6-7-19(13-22(16)31(34)35)27-26(29(33)39-11-10-36-3)17(2)30-21-12-20(14-23(32)28(21)27)18-8-9-24(37-4)25(15-18)38-5/h6-9,13,15,20,27,30H,10-12,14H2,1-5H3/t20-,27+/m0/s1. The summed E-state index contributed by atoms with van der Waals surface area (Å²) in [7, 11) is 4.62. The summed E-state index contributed by atoms with van der Waals surface area (Å²) in [5.74, 6) is -0.538. The van der Waals surface area contributed by atoms with E-state index in [4.69, 9.17) is 18.9 Å². The molecule has 0 saturated carbocycles. The molecule has 0 radical (unpaired) electrons. The van der Waals surface area contributed by atoms with Crippen molar-refractivity contribution < 1.29 is 33.5 Å². The van der Waals surface area contributed by atoms with Gasteiger partial charge < -0.3 is 24.3 Å². The molecule has 10 heteroatoms. The zero-order chi connectivity index (χ0) is 28.3. The Kier molecular flexibility index (Phi) is 8.35. The smallest absolute Gasteiger partial charge is 0.336 e. The van der Waals surface area contributed by atoms with Gasteiger partial charge in [-0.15, -0.1) is 0 Å². The number of carbonyl (C=O) groups excluding carboxylic acids is 2. The Hall–Kier alpha value is -4.18. The van der Waals surface area contributed by atoms with E-state index < -0.39 is 16.8 Å². The molecule has 0 bridgehead atoms. The second kappa shape index (κ2) is 11.7. The number of hydrogen-bond acceptors (Lipinski definition) is 9. The van der Waals surface area contributed by atoms with Gasteiger partial charge in [0.25, 0.3) is 5.69 Å². The van der Waals surface area contributed by atoms with Crippen molar-refractivity contribution in [3.05, 3.63) is 85.7 Å². The number of nitrogens with one attached hydrogen (secondary N) is 1. The second-order valence-corrected chi connectivity index (χ2v) is 9.56. The van der Waals surface area contributed by atoms with Crippen LogP contribution in [0.25, 0.3) is 0 Å². The van der Waals surface area contributed by atoms with Gasteiger partial charge in [-0.3, -0.25) is 14.9 Å². The minimum absolute atomic E-state index is 0.0358. The first-order chi connectivity index (χ1) is 18.7. The topological polar surface area (TPSA) is 126 Å². The highest BCUT2D eigenvalue weighted by atomic mass is 16.6. The molecule has 0 unspecified atom stereocenters. The maximum atomic E-state index is 13.8. The fourth-order valence-corrected chi connectivity index (χ4v) is 5.28. The number of aryl methyl sites for hydroxylation is 1. The molecule has 2 aromatic carbocycles. The van der Waals surface area contributed by atoms with Crippen LogP contribution in [0.5, 0.6) is 11.5 Å². The first kappa shape index (κ1) is 27.8. The molecule has 1 aliphatic heterocycles. The van der Waals surface area contributed by atoms with Gasteiger partial charge in [0.15, 0.2) is 17.3 Å². The Morgan fingerprint density at radius 2 is 1.72 bits per heavy atom. The number of benzene rings is 2. The van der Waals surface area contributed by atoms with Crippen molar-refractivity contribution in [3.63, 3.8) is 0 Å². The van der Waals surface area contributed by atoms with Crippen molar-refractivity contribution in [2.45, 2.75) is 38.5 Å². The first-order valence-corrected chi connectivity index (χ1v) is 12.6. The van der Waals surface area contributed by atoms with Gasteiger partial charge in [-0.25, -0.2) is 4.79 Å². The van der Waals surface area contributed by atoms with Crippen LogP contribution in [0.3, 0.4) is 0 Å². The molecule has 4 rings (SSSR count). The van der Waals surface area contributed by atoms with Crippen molar-refractivity contribution in [1.29, 1.82) is 0 Å². The number of allylic oxidation sites excluding steroid dienone is 3. The number of ether oxygens (including phenoxy) is 4. The van der Waals surface area contributed by atoms with Crippen molar-refractivity contribution in [2.24, 2.45) is 0 Å². The van der Waals surface area contributed by atoms with Gasteiger partial charge in [-0.1, -0.05) is 18.2 Å². The van der Waals surface area contributed by atoms with Gasteiger partial charge in [-0.05, 0) is 49.4 Å². The van der Waals surface area contributed by atoms with E-state index in [1.165, 1.54) is 13.2 Å². The number of esters is 1. The quantitative estimate of drug-likeness (QED) is 0.214. The number of carbonyl (C=O) groups is 2. The summed E-state index contributed by atoms with van der Waals surface area (Å²) >= 11 is 0. The molecular weight excluding hydrogens is 504 g/mol. The van der Waals surface area contributed by atoms with E-state index >= 15 is 0 Å². The van der Waals surface area contributed by atoms with Crippen LogP contribution >= 0.6 is 0 Å². The average Bonchev–Trinajstić information content (AvgIpc) is 2.91. The van der Waals surface area contributed by atoms with Crippen LogP contribution in [0.2, 0.25) is 0 Å². The Bertz CT molecular complexity index is 1380. The number of dihydropyridines is 1. The highest BCUT2D eigenvalue weighted by Crippen LogP contribution is 2.47. The third-order valence-corrected chi connectivity index (χ3v) is 7.21. The molecule has 2 aliphatic rings. The van der Waals surface area contributed by atoms with E-state index in [0.29, 0.717) is 46.0 Å². The largest absolute Gasteiger partial charge is 0.493 e. The zero-order valence-corrected chi connectivity index (χ0v) is 22.7. The third-order valence-electron chi connectivity index (χ3n) is 7.21. The molecule has 1 aliphatic carbocycles. The molecule has 0 aromatic heterocycles. The van der Waals surface area contributed by atoms with Gasteiger partial charge in [-0.2, -0.15) is 0 Å². The summed E-state index contributed by atoms with van der Waals surface area (Å²) in [5, 5.41) is 15.0. The third kappa shape index (κ3) is 5.51. The summed E-state index contributed by atoms with van der Waals surface area (Å²) in [6.07, 6.45) is 0.704. The lowest BCUT2D eigenvalue weighted by molar-refractivity contribution is -0.385. The molecule has 0 amide bonds. The summed E-state index contributed by atoms with van der Waals surface area (Å²) in [5.41, 5.74) is 3.70. The number of nitro groups is 1. The van der Waals surface area contributed by atoms with Gasteiger partial charge in [0.2, 0.25) is 0 Å². The Labute approximate surface area is 226 Å². The SMILES string of the molecule is COCCOC(=O)C1=C(C)NC2=C(C(=O)C[C@@H](c3ccc(OC)c(OC)c3)C2)[C@@H]1c1ccc(C)c([N+](=O)[O-])c1. The van der Waals surface area contributed by atoms with Crippen molar-refractivity contribution in [2.75, 3.05) is 34.5 Å². The molecule has 1 heterocycles. The first-order valence-electron chi connectivity index (χ1n) is 12.6. The van der Waals surface area contributed by atoms with Crippen LogP contribution in [-0.4, -0.2) is 51.2 Å². The van der Waals surface area contributed by atoms with Gasteiger partial charge >= 0.3 is 5.97 Å². The number of rotatable bonds is 9. The van der Waals surface area contributed by atoms with Crippen LogP contribution in [-0.2, 0) is 19.1 Å². The lowest BCUT2D eigenvalue weighted by Crippen LogP contribution is -2.36. The van der Waals surface area contributed by atoms with E-state index in [1.807, 2.05) is 18.2 Å². The monoisotopic (exact) mass is 536 g/mol. The minimum atomic E-state index is -0.811. The Morgan fingerprint density at radius 1 is 1.00 bits per heavy atom. The number of hydrogen-bond donors (Lipinski definition) is 1. The summed E-state index contributed by atoms with van der Waals surface area (Å²) < 4.78 is 21.2. The summed E-state index contributed by atoms with van der Waals surface area (Å²) in [6, 6.07) is 10.4. The van der Waals surface area contributed by atoms with E-state index in [-0.39, 0.29) is 42.6 Å². The number of methoxy groups -OCH3 is 3. The van der Waals surface area contributed by atoms with Crippen molar-refractivity contribution >= 4 is 17.4 Å². The number of ketones is 1. The molecule has 1 N–H and O–H groups in total. The molecule has 0 fully saturated rings. The summed E-state index contributed by atoms with van der Waals surface area (Å²) in [6.45, 7) is 3.65. The van der Waals surface area contributed by atoms with Gasteiger partial charge in [0.1, 0.15) is 6.61 Å². The van der Waals surface area contributed by atoms with E-state index in [1.54, 1.807) is 40.2 Å². The molecule has 2 atom stereocenters. The molecule has 0 spiro atoms. The van der Waals surface area contributed by atoms with Crippen LogP contribution in [0.15, 0.2) is 58.9 Å². The fraction of sp³-hybridized carbons (Fsp3) is 0.379. The van der Waals surface area contributed by atoms with Crippen LogP contribution < -0.4 is 14.8 Å². The zero-order valence-electron chi connectivity index (χ0n) is 22.7. The fourth-order valence-electron chi connectivity index (χ4n) is 5.28. The van der Waals surface area contributed by atoms with E-state index in [2.05, 4.69) is 5.32 Å². The number of Topliss-reactive ketones (excluding diaryl/α,β-unsaturated/α-hetero) is 1. The summed E-state index contributed by atoms with van der Waals surface area (Å²) in [4.78, 5) is 38.4. The van der Waals surface area contributed by atoms with Gasteiger partial charge in [0, 0.05) is 48.0 Å². The normalized spacial score (nSPS) is 18.8. The Morgan fingerprint density at radius 3 is 2.38 bits per heavy atom. The predicted molar refractivity (Wildman–Crippen MR) is 143 cm³/mol. The van der Waals surface area contributed by atoms with E-state index in [9.17, 15) is 19.7 Å². The highest BCUT2D eigenvalue weighted by Gasteiger charge is 2.42. The Balaban J connectivity index is 1.79. The highest BCUT2D eigenvalue weighted by molar-refractivity contribution is 6.04. The van der Waals surface area contributed by atoms with E-state index in [0.717, 1.165) is 5.56 Å². The maximum absolute atomic E-state index is 13.8. The maximum Gasteiger partial charge on any atom is 0.336 e.